The van der Waals surface area contributed by atoms with E-state index in [0.29, 0.717) is 0 Å². The Bertz CT molecular complexity index is 234. The van der Waals surface area contributed by atoms with Crippen molar-refractivity contribution in [3.05, 3.63) is 12.7 Å². The van der Waals surface area contributed by atoms with Gasteiger partial charge in [0.25, 0.3) is 0 Å². The van der Waals surface area contributed by atoms with Crippen LogP contribution < -0.4 is 10.5 Å². The molecule has 0 bridgehead atoms. The SMILES string of the molecule is C=C[C@H](CS(N)(=O)=O)NC(C)C. The third kappa shape index (κ3) is 6.33. The molecule has 0 heterocycles. The zero-order valence-electron chi connectivity index (χ0n) is 7.45. The highest BCUT2D eigenvalue weighted by molar-refractivity contribution is 7.89. The van der Waals surface area contributed by atoms with Crippen molar-refractivity contribution in [3.8, 4) is 0 Å². The molecule has 0 aromatic carbocycles. The first-order valence-electron chi connectivity index (χ1n) is 3.74. The Kier molecular flexibility index (Phi) is 4.44. The monoisotopic (exact) mass is 192 g/mol. The van der Waals surface area contributed by atoms with Crippen LogP contribution in [0, 0.1) is 0 Å². The van der Waals surface area contributed by atoms with E-state index in [-0.39, 0.29) is 17.8 Å². The average molecular weight is 192 g/mol. The minimum absolute atomic E-state index is 0.103. The fraction of sp³-hybridized carbons (Fsp3) is 0.714. The zero-order chi connectivity index (χ0) is 9.78. The maximum absolute atomic E-state index is 10.7. The lowest BCUT2D eigenvalue weighted by molar-refractivity contribution is 0.537. The number of sulfonamides is 1. The standard InChI is InChI=1S/C7H16N2O2S/c1-4-7(9-6(2)3)5-12(8,10)11/h4,6-7,9H,1,5H2,2-3H3,(H2,8,10,11)/t7-/m1/s1. The average Bonchev–Trinajstić information content (AvgIpc) is 1.82. The van der Waals surface area contributed by atoms with Crippen molar-refractivity contribution in [1.29, 1.82) is 0 Å². The second-order valence-electron chi connectivity index (χ2n) is 2.99. The summed E-state index contributed by atoms with van der Waals surface area (Å²) in [7, 11) is -3.41. The summed E-state index contributed by atoms with van der Waals surface area (Å²) in [5, 5.41) is 7.88. The summed E-state index contributed by atoms with van der Waals surface area (Å²) in [5.41, 5.74) is 0. The van der Waals surface area contributed by atoms with E-state index < -0.39 is 10.0 Å². The molecular weight excluding hydrogens is 176 g/mol. The van der Waals surface area contributed by atoms with Gasteiger partial charge in [0.05, 0.1) is 5.75 Å². The Morgan fingerprint density at radius 2 is 2.08 bits per heavy atom. The summed E-state index contributed by atoms with van der Waals surface area (Å²) in [5.74, 6) is -0.103. The van der Waals surface area contributed by atoms with Crippen LogP contribution in [0.3, 0.4) is 0 Å². The molecule has 12 heavy (non-hydrogen) atoms. The van der Waals surface area contributed by atoms with Crippen LogP contribution >= 0.6 is 0 Å². The second kappa shape index (κ2) is 4.59. The fourth-order valence-electron chi connectivity index (χ4n) is 0.863. The second-order valence-corrected chi connectivity index (χ2v) is 4.65. The van der Waals surface area contributed by atoms with E-state index in [4.69, 9.17) is 5.14 Å². The highest BCUT2D eigenvalue weighted by atomic mass is 32.2. The first kappa shape index (κ1) is 11.6. The molecule has 0 aliphatic carbocycles. The molecule has 0 radical (unpaired) electrons. The highest BCUT2D eigenvalue weighted by Crippen LogP contribution is 1.92. The Labute approximate surface area is 73.9 Å². The van der Waals surface area contributed by atoms with E-state index in [1.807, 2.05) is 13.8 Å². The molecule has 0 unspecified atom stereocenters. The number of nitrogens with one attached hydrogen (secondary N) is 1. The van der Waals surface area contributed by atoms with Crippen LogP contribution in [-0.4, -0.2) is 26.3 Å². The summed E-state index contributed by atoms with van der Waals surface area (Å²) in [6.45, 7) is 7.38. The molecule has 72 valence electrons. The molecule has 1 atom stereocenters. The predicted molar refractivity (Wildman–Crippen MR) is 50.2 cm³/mol. The molecular formula is C7H16N2O2S. The summed E-state index contributed by atoms with van der Waals surface area (Å²) < 4.78 is 21.3. The van der Waals surface area contributed by atoms with Crippen LogP contribution in [0.1, 0.15) is 13.8 Å². The van der Waals surface area contributed by atoms with Crippen molar-refractivity contribution in [2.24, 2.45) is 5.14 Å². The van der Waals surface area contributed by atoms with Gasteiger partial charge in [-0.1, -0.05) is 19.9 Å². The summed E-state index contributed by atoms with van der Waals surface area (Å²) in [6, 6.07) is -0.0465. The predicted octanol–water partition coefficient (Wildman–Crippen LogP) is -0.172. The van der Waals surface area contributed by atoms with Crippen LogP contribution in [0.5, 0.6) is 0 Å². The molecule has 0 saturated carbocycles. The molecule has 0 saturated heterocycles. The van der Waals surface area contributed by atoms with Gasteiger partial charge >= 0.3 is 0 Å². The maximum Gasteiger partial charge on any atom is 0.210 e. The van der Waals surface area contributed by atoms with Crippen LogP contribution in [-0.2, 0) is 10.0 Å². The molecule has 0 rings (SSSR count). The van der Waals surface area contributed by atoms with Gasteiger partial charge in [0, 0.05) is 12.1 Å². The van der Waals surface area contributed by atoms with E-state index in [9.17, 15) is 8.42 Å². The Hall–Kier alpha value is -0.390. The third-order valence-electron chi connectivity index (χ3n) is 1.24. The van der Waals surface area contributed by atoms with Crippen LogP contribution in [0.15, 0.2) is 12.7 Å². The van der Waals surface area contributed by atoms with Gasteiger partial charge in [-0.2, -0.15) is 0 Å². The maximum atomic E-state index is 10.7. The number of rotatable bonds is 5. The Morgan fingerprint density at radius 1 is 1.58 bits per heavy atom. The van der Waals surface area contributed by atoms with Crippen LogP contribution in [0.4, 0.5) is 0 Å². The molecule has 4 nitrogen and oxygen atoms in total. The van der Waals surface area contributed by atoms with Gasteiger partial charge in [-0.05, 0) is 0 Å². The quantitative estimate of drug-likeness (QED) is 0.594. The molecule has 0 fully saturated rings. The number of hydrogen-bond acceptors (Lipinski definition) is 3. The zero-order valence-corrected chi connectivity index (χ0v) is 8.26. The molecule has 0 amide bonds. The number of nitrogens with two attached hydrogens (primary N) is 1. The van der Waals surface area contributed by atoms with Gasteiger partial charge in [0.15, 0.2) is 0 Å². The minimum Gasteiger partial charge on any atom is -0.307 e. The van der Waals surface area contributed by atoms with Gasteiger partial charge < -0.3 is 5.32 Å². The number of hydrogen-bond donors (Lipinski definition) is 2. The summed E-state index contributed by atoms with van der Waals surface area (Å²) in [6.07, 6.45) is 1.55. The molecule has 3 N–H and O–H groups in total. The van der Waals surface area contributed by atoms with E-state index in [2.05, 4.69) is 11.9 Å². The van der Waals surface area contributed by atoms with Gasteiger partial charge in [0.1, 0.15) is 0 Å². The molecule has 0 aromatic rings. The van der Waals surface area contributed by atoms with E-state index in [0.717, 1.165) is 0 Å². The van der Waals surface area contributed by atoms with E-state index in [1.54, 1.807) is 6.08 Å². The van der Waals surface area contributed by atoms with E-state index >= 15 is 0 Å². The summed E-state index contributed by atoms with van der Waals surface area (Å²) >= 11 is 0. The minimum atomic E-state index is -3.41. The normalized spacial score (nSPS) is 14.7. The van der Waals surface area contributed by atoms with E-state index in [1.165, 1.54) is 0 Å². The van der Waals surface area contributed by atoms with Crippen molar-refractivity contribution in [3.63, 3.8) is 0 Å². The van der Waals surface area contributed by atoms with Gasteiger partial charge in [-0.15, -0.1) is 6.58 Å². The Balaban J connectivity index is 4.10. The first-order valence-corrected chi connectivity index (χ1v) is 5.46. The Morgan fingerprint density at radius 3 is 2.33 bits per heavy atom. The lowest BCUT2D eigenvalue weighted by Crippen LogP contribution is -2.40. The van der Waals surface area contributed by atoms with Crippen LogP contribution in [0.2, 0.25) is 0 Å². The third-order valence-corrected chi connectivity index (χ3v) is 2.07. The molecule has 5 heteroatoms. The number of primary sulfonamides is 1. The first-order chi connectivity index (χ1) is 5.35. The van der Waals surface area contributed by atoms with Crippen LogP contribution in [0.25, 0.3) is 0 Å². The largest absolute Gasteiger partial charge is 0.307 e. The topological polar surface area (TPSA) is 72.2 Å². The lowest BCUT2D eigenvalue weighted by Gasteiger charge is -2.15. The molecule has 0 aliphatic rings. The lowest BCUT2D eigenvalue weighted by atomic mass is 10.3. The molecule has 0 aliphatic heterocycles. The molecule has 0 spiro atoms. The van der Waals surface area contributed by atoms with Crippen molar-refractivity contribution < 1.29 is 8.42 Å². The van der Waals surface area contributed by atoms with Crippen molar-refractivity contribution in [2.45, 2.75) is 25.9 Å². The molecule has 0 aromatic heterocycles. The van der Waals surface area contributed by atoms with Gasteiger partial charge in [-0.25, -0.2) is 13.6 Å². The fourth-order valence-corrected chi connectivity index (χ4v) is 1.60. The van der Waals surface area contributed by atoms with Crippen molar-refractivity contribution in [1.82, 2.24) is 5.32 Å². The van der Waals surface area contributed by atoms with Gasteiger partial charge in [-0.3, -0.25) is 0 Å². The highest BCUT2D eigenvalue weighted by Gasteiger charge is 2.12. The van der Waals surface area contributed by atoms with Gasteiger partial charge in [0.2, 0.25) is 10.0 Å². The van der Waals surface area contributed by atoms with Crippen molar-refractivity contribution >= 4 is 10.0 Å². The smallest absolute Gasteiger partial charge is 0.210 e. The van der Waals surface area contributed by atoms with Crippen molar-refractivity contribution in [2.75, 3.05) is 5.75 Å². The summed E-state index contributed by atoms with van der Waals surface area (Å²) in [4.78, 5) is 0.